The fraction of sp³-hybridized carbons (Fsp3) is 0.278. The van der Waals surface area contributed by atoms with Crippen LogP contribution in [0.4, 0.5) is 10.1 Å². The average Bonchev–Trinajstić information content (AvgIpc) is 3.26. The van der Waals surface area contributed by atoms with Crippen LogP contribution >= 0.6 is 0 Å². The van der Waals surface area contributed by atoms with Gasteiger partial charge in [-0.05, 0) is 42.8 Å². The minimum absolute atomic E-state index is 0.219. The van der Waals surface area contributed by atoms with E-state index in [4.69, 9.17) is 4.74 Å². The SMILES string of the molecule is Fc1ccc(N2CN(C3CCOC3)C=C2c2ccncc2)cc1. The summed E-state index contributed by atoms with van der Waals surface area (Å²) < 4.78 is 18.8. The first-order valence-electron chi connectivity index (χ1n) is 7.80. The molecule has 0 N–H and O–H groups in total. The smallest absolute Gasteiger partial charge is 0.123 e. The van der Waals surface area contributed by atoms with Gasteiger partial charge in [0.2, 0.25) is 0 Å². The van der Waals surface area contributed by atoms with Crippen molar-refractivity contribution >= 4 is 11.4 Å². The van der Waals surface area contributed by atoms with E-state index in [-0.39, 0.29) is 5.82 Å². The second-order valence-electron chi connectivity index (χ2n) is 5.83. The molecule has 118 valence electrons. The van der Waals surface area contributed by atoms with E-state index in [0.717, 1.165) is 43.3 Å². The standard InChI is InChI=1S/C18H18FN3O/c19-15-1-3-16(4-2-15)22-13-21(17-7-10-23-12-17)11-18(22)14-5-8-20-9-6-14/h1-6,8-9,11,17H,7,10,12-13H2. The minimum atomic E-state index is -0.219. The molecule has 0 amide bonds. The van der Waals surface area contributed by atoms with Crippen LogP contribution in [0.25, 0.3) is 5.70 Å². The normalized spacial score (nSPS) is 20.9. The lowest BCUT2D eigenvalue weighted by atomic mass is 10.2. The van der Waals surface area contributed by atoms with Crippen LogP contribution in [-0.4, -0.2) is 35.8 Å². The third-order valence-electron chi connectivity index (χ3n) is 4.37. The van der Waals surface area contributed by atoms with Crippen molar-refractivity contribution in [2.75, 3.05) is 24.8 Å². The molecule has 3 heterocycles. The van der Waals surface area contributed by atoms with Crippen LogP contribution in [0.15, 0.2) is 55.0 Å². The van der Waals surface area contributed by atoms with Gasteiger partial charge < -0.3 is 14.5 Å². The Hall–Kier alpha value is -2.40. The molecule has 1 aromatic carbocycles. The molecule has 1 fully saturated rings. The Labute approximate surface area is 134 Å². The summed E-state index contributed by atoms with van der Waals surface area (Å²) in [5, 5.41) is 0. The molecule has 4 nitrogen and oxygen atoms in total. The van der Waals surface area contributed by atoms with Gasteiger partial charge in [-0.3, -0.25) is 4.98 Å². The van der Waals surface area contributed by atoms with Crippen LogP contribution in [0, 0.1) is 5.82 Å². The predicted octanol–water partition coefficient (Wildman–Crippen LogP) is 3.09. The largest absolute Gasteiger partial charge is 0.379 e. The molecule has 1 aromatic heterocycles. The molecule has 2 aliphatic rings. The Bertz CT molecular complexity index is 696. The highest BCUT2D eigenvalue weighted by molar-refractivity contribution is 5.80. The number of rotatable bonds is 3. The number of pyridine rings is 1. The number of aromatic nitrogens is 1. The summed E-state index contributed by atoms with van der Waals surface area (Å²) in [6.45, 7) is 2.32. The monoisotopic (exact) mass is 311 g/mol. The van der Waals surface area contributed by atoms with E-state index in [1.165, 1.54) is 12.1 Å². The van der Waals surface area contributed by atoms with Crippen LogP contribution in [0.2, 0.25) is 0 Å². The third kappa shape index (κ3) is 2.80. The van der Waals surface area contributed by atoms with Crippen molar-refractivity contribution < 1.29 is 9.13 Å². The summed E-state index contributed by atoms with van der Waals surface area (Å²) in [7, 11) is 0. The lowest BCUT2D eigenvalue weighted by molar-refractivity contribution is 0.171. The maximum absolute atomic E-state index is 13.2. The molecule has 1 atom stereocenters. The van der Waals surface area contributed by atoms with Crippen LogP contribution in [0.1, 0.15) is 12.0 Å². The number of hydrogen-bond donors (Lipinski definition) is 0. The van der Waals surface area contributed by atoms with Crippen LogP contribution in [0.5, 0.6) is 0 Å². The van der Waals surface area contributed by atoms with Crippen molar-refractivity contribution in [1.29, 1.82) is 0 Å². The van der Waals surface area contributed by atoms with Gasteiger partial charge >= 0.3 is 0 Å². The van der Waals surface area contributed by atoms with Gasteiger partial charge in [-0.1, -0.05) is 0 Å². The average molecular weight is 311 g/mol. The highest BCUT2D eigenvalue weighted by atomic mass is 19.1. The van der Waals surface area contributed by atoms with Gasteiger partial charge in [0.05, 0.1) is 25.0 Å². The van der Waals surface area contributed by atoms with E-state index >= 15 is 0 Å². The number of halogens is 1. The van der Waals surface area contributed by atoms with E-state index in [1.54, 1.807) is 12.4 Å². The molecular weight excluding hydrogens is 293 g/mol. The molecule has 0 radical (unpaired) electrons. The molecule has 0 aliphatic carbocycles. The molecule has 0 saturated carbocycles. The van der Waals surface area contributed by atoms with E-state index in [1.807, 2.05) is 24.3 Å². The quantitative estimate of drug-likeness (QED) is 0.871. The number of benzene rings is 1. The molecule has 1 saturated heterocycles. The Morgan fingerprint density at radius 1 is 1.09 bits per heavy atom. The summed E-state index contributed by atoms with van der Waals surface area (Å²) in [6, 6.07) is 11.0. The highest BCUT2D eigenvalue weighted by Gasteiger charge is 2.30. The summed E-state index contributed by atoms with van der Waals surface area (Å²) >= 11 is 0. The Balaban J connectivity index is 1.69. The zero-order valence-corrected chi connectivity index (χ0v) is 12.7. The summed E-state index contributed by atoms with van der Waals surface area (Å²) in [5.41, 5.74) is 3.19. The maximum atomic E-state index is 13.2. The minimum Gasteiger partial charge on any atom is -0.379 e. The lowest BCUT2D eigenvalue weighted by Gasteiger charge is -2.27. The molecule has 2 aromatic rings. The van der Waals surface area contributed by atoms with Crippen LogP contribution in [0.3, 0.4) is 0 Å². The topological polar surface area (TPSA) is 28.6 Å². The molecule has 0 bridgehead atoms. The molecule has 2 aliphatic heterocycles. The lowest BCUT2D eigenvalue weighted by Crippen LogP contribution is -2.34. The number of anilines is 1. The third-order valence-corrected chi connectivity index (χ3v) is 4.37. The Kier molecular flexibility index (Phi) is 3.71. The summed E-state index contributed by atoms with van der Waals surface area (Å²) in [6.07, 6.45) is 6.80. The Morgan fingerprint density at radius 2 is 1.87 bits per heavy atom. The first-order chi connectivity index (χ1) is 11.3. The fourth-order valence-corrected chi connectivity index (χ4v) is 3.11. The van der Waals surface area contributed by atoms with Gasteiger partial charge in [0.1, 0.15) is 5.82 Å². The number of hydrogen-bond acceptors (Lipinski definition) is 4. The van der Waals surface area contributed by atoms with E-state index in [2.05, 4.69) is 21.0 Å². The molecule has 0 spiro atoms. The van der Waals surface area contributed by atoms with Gasteiger partial charge in [-0.2, -0.15) is 0 Å². The van der Waals surface area contributed by atoms with Gasteiger partial charge in [-0.15, -0.1) is 0 Å². The van der Waals surface area contributed by atoms with Crippen molar-refractivity contribution in [3.8, 4) is 0 Å². The van der Waals surface area contributed by atoms with E-state index in [0.29, 0.717) is 6.04 Å². The van der Waals surface area contributed by atoms with Crippen molar-refractivity contribution in [3.63, 3.8) is 0 Å². The van der Waals surface area contributed by atoms with Crippen molar-refractivity contribution in [2.24, 2.45) is 0 Å². The molecule has 23 heavy (non-hydrogen) atoms. The van der Waals surface area contributed by atoms with Gasteiger partial charge in [0.15, 0.2) is 0 Å². The molecule has 4 rings (SSSR count). The number of nitrogens with zero attached hydrogens (tertiary/aromatic N) is 3. The molecule has 5 heteroatoms. The van der Waals surface area contributed by atoms with E-state index in [9.17, 15) is 4.39 Å². The van der Waals surface area contributed by atoms with Crippen molar-refractivity contribution in [2.45, 2.75) is 12.5 Å². The zero-order valence-electron chi connectivity index (χ0n) is 12.7. The maximum Gasteiger partial charge on any atom is 0.123 e. The second kappa shape index (κ2) is 6.01. The molecular formula is C18H18FN3O. The van der Waals surface area contributed by atoms with Crippen molar-refractivity contribution in [1.82, 2.24) is 9.88 Å². The predicted molar refractivity (Wildman–Crippen MR) is 87.0 cm³/mol. The second-order valence-corrected chi connectivity index (χ2v) is 5.83. The Morgan fingerprint density at radius 3 is 2.57 bits per heavy atom. The summed E-state index contributed by atoms with van der Waals surface area (Å²) in [4.78, 5) is 8.61. The van der Waals surface area contributed by atoms with E-state index < -0.39 is 0 Å². The first-order valence-corrected chi connectivity index (χ1v) is 7.80. The van der Waals surface area contributed by atoms with Gasteiger partial charge in [-0.25, -0.2) is 4.39 Å². The van der Waals surface area contributed by atoms with Crippen LogP contribution < -0.4 is 4.90 Å². The fourth-order valence-electron chi connectivity index (χ4n) is 3.11. The highest BCUT2D eigenvalue weighted by Crippen LogP contribution is 2.33. The van der Waals surface area contributed by atoms with Gasteiger partial charge in [0.25, 0.3) is 0 Å². The number of ether oxygens (including phenoxy) is 1. The molecule has 1 unspecified atom stereocenters. The summed E-state index contributed by atoms with van der Waals surface area (Å²) in [5.74, 6) is -0.219. The van der Waals surface area contributed by atoms with Crippen molar-refractivity contribution in [3.05, 3.63) is 66.4 Å². The van der Waals surface area contributed by atoms with Gasteiger partial charge in [0, 0.05) is 36.5 Å². The zero-order chi connectivity index (χ0) is 15.6. The first kappa shape index (κ1) is 14.2. The van der Waals surface area contributed by atoms with Crippen LogP contribution in [-0.2, 0) is 4.74 Å².